The van der Waals surface area contributed by atoms with E-state index in [2.05, 4.69) is 10.6 Å². The van der Waals surface area contributed by atoms with Gasteiger partial charge >= 0.3 is 12.0 Å². The first-order valence-corrected chi connectivity index (χ1v) is 6.69. The molecule has 0 bridgehead atoms. The normalized spacial score (nSPS) is 11.5. The molecule has 0 saturated carbocycles. The minimum Gasteiger partial charge on any atom is -0.494 e. The molecule has 0 aliphatic heterocycles. The minimum atomic E-state index is -1.17. The topological polar surface area (TPSA) is 108 Å². The van der Waals surface area contributed by atoms with Crippen molar-refractivity contribution in [2.45, 2.75) is 18.9 Å². The predicted octanol–water partition coefficient (Wildman–Crippen LogP) is 0.590. The summed E-state index contributed by atoms with van der Waals surface area (Å²) >= 11 is 0. The fraction of sp³-hybridized carbons (Fsp3) is 0.429. The van der Waals surface area contributed by atoms with Crippen LogP contribution in [0.5, 0.6) is 5.75 Å². The maximum Gasteiger partial charge on any atom is 0.326 e. The molecule has 1 rings (SSSR count). The zero-order valence-electron chi connectivity index (χ0n) is 11.6. The van der Waals surface area contributed by atoms with E-state index < -0.39 is 18.0 Å². The minimum absolute atomic E-state index is 0.0279. The number of carbonyl (C=O) groups excluding carboxylic acids is 1. The first-order chi connectivity index (χ1) is 10.1. The summed E-state index contributed by atoms with van der Waals surface area (Å²) in [6, 6.07) is 7.65. The molecule has 0 fully saturated rings. The Kier molecular flexibility index (Phi) is 7.67. The van der Waals surface area contributed by atoms with Gasteiger partial charge in [0.05, 0.1) is 6.61 Å². The predicted molar refractivity (Wildman–Crippen MR) is 76.2 cm³/mol. The fourth-order valence-corrected chi connectivity index (χ4v) is 1.58. The summed E-state index contributed by atoms with van der Waals surface area (Å²) < 4.78 is 5.45. The number of aliphatic hydroxyl groups excluding tert-OH is 1. The van der Waals surface area contributed by atoms with Crippen LogP contribution in [0.25, 0.3) is 0 Å². The smallest absolute Gasteiger partial charge is 0.326 e. The molecule has 0 saturated heterocycles. The van der Waals surface area contributed by atoms with Crippen LogP contribution in [0.15, 0.2) is 30.3 Å². The summed E-state index contributed by atoms with van der Waals surface area (Å²) in [5, 5.41) is 22.3. The average Bonchev–Trinajstić information content (AvgIpc) is 2.47. The van der Waals surface area contributed by atoms with E-state index >= 15 is 0 Å². The third-order valence-electron chi connectivity index (χ3n) is 2.64. The summed E-state index contributed by atoms with van der Waals surface area (Å²) in [5.74, 6) is -0.414. The average molecular weight is 296 g/mol. The van der Waals surface area contributed by atoms with Crippen LogP contribution in [0.1, 0.15) is 12.8 Å². The van der Waals surface area contributed by atoms with Gasteiger partial charge in [0.15, 0.2) is 0 Å². The van der Waals surface area contributed by atoms with E-state index in [-0.39, 0.29) is 13.0 Å². The van der Waals surface area contributed by atoms with Gasteiger partial charge in [-0.2, -0.15) is 0 Å². The van der Waals surface area contributed by atoms with Gasteiger partial charge in [-0.05, 0) is 18.6 Å². The molecule has 1 aromatic rings. The van der Waals surface area contributed by atoms with Crippen LogP contribution in [0, 0.1) is 0 Å². The summed E-state index contributed by atoms with van der Waals surface area (Å²) in [4.78, 5) is 22.2. The fourth-order valence-electron chi connectivity index (χ4n) is 1.58. The molecule has 4 N–H and O–H groups in total. The molecule has 0 aromatic heterocycles. The van der Waals surface area contributed by atoms with Crippen LogP contribution < -0.4 is 15.4 Å². The number of benzene rings is 1. The number of para-hydroxylation sites is 1. The van der Waals surface area contributed by atoms with Crippen LogP contribution in [-0.2, 0) is 4.79 Å². The van der Waals surface area contributed by atoms with Crippen molar-refractivity contribution in [2.24, 2.45) is 0 Å². The second-order valence-corrected chi connectivity index (χ2v) is 4.32. The number of amides is 2. The lowest BCUT2D eigenvalue weighted by atomic mass is 10.2. The Balaban J connectivity index is 2.14. The molecule has 0 radical (unpaired) electrons. The van der Waals surface area contributed by atoms with Crippen molar-refractivity contribution in [1.82, 2.24) is 10.6 Å². The zero-order chi connectivity index (χ0) is 15.5. The number of hydrogen-bond donors (Lipinski definition) is 4. The van der Waals surface area contributed by atoms with Gasteiger partial charge in [0.1, 0.15) is 11.8 Å². The zero-order valence-corrected chi connectivity index (χ0v) is 11.6. The molecule has 0 spiro atoms. The van der Waals surface area contributed by atoms with Crippen molar-refractivity contribution in [2.75, 3.05) is 19.8 Å². The van der Waals surface area contributed by atoms with Crippen molar-refractivity contribution in [3.05, 3.63) is 30.3 Å². The summed E-state index contributed by atoms with van der Waals surface area (Å²) in [6.07, 6.45) is 0.569. The number of nitrogens with one attached hydrogen (secondary N) is 2. The van der Waals surface area contributed by atoms with E-state index in [0.29, 0.717) is 19.6 Å². The highest BCUT2D eigenvalue weighted by Gasteiger charge is 2.18. The van der Waals surface area contributed by atoms with E-state index in [9.17, 15) is 9.59 Å². The molecule has 7 nitrogen and oxygen atoms in total. The van der Waals surface area contributed by atoms with Gasteiger partial charge in [-0.15, -0.1) is 0 Å². The lowest BCUT2D eigenvalue weighted by molar-refractivity contribution is -0.139. The number of carboxylic acids is 1. The summed E-state index contributed by atoms with van der Waals surface area (Å²) in [6.45, 7) is 0.510. The Morgan fingerprint density at radius 2 is 1.95 bits per heavy atom. The SMILES string of the molecule is O=C(NCCCOc1ccccc1)N[C@@H](CCO)C(=O)O. The highest BCUT2D eigenvalue weighted by molar-refractivity contribution is 5.82. The van der Waals surface area contributed by atoms with Gasteiger partial charge in [-0.3, -0.25) is 0 Å². The van der Waals surface area contributed by atoms with Crippen molar-refractivity contribution in [3.63, 3.8) is 0 Å². The number of aliphatic carboxylic acids is 1. The molecule has 0 unspecified atom stereocenters. The standard InChI is InChI=1S/C14H20N2O5/c17-9-7-12(13(18)19)16-14(20)15-8-4-10-21-11-5-2-1-3-6-11/h1-3,5-6,12,17H,4,7-10H2,(H,18,19)(H2,15,16,20)/t12-/m0/s1. The Labute approximate surface area is 122 Å². The summed E-state index contributed by atoms with van der Waals surface area (Å²) in [5.41, 5.74) is 0. The number of hydrogen-bond acceptors (Lipinski definition) is 4. The molecule has 1 atom stereocenters. The molecule has 0 aliphatic carbocycles. The van der Waals surface area contributed by atoms with Gasteiger partial charge in [0.2, 0.25) is 0 Å². The van der Waals surface area contributed by atoms with Crippen molar-refractivity contribution in [3.8, 4) is 5.75 Å². The third kappa shape index (κ3) is 7.17. The van der Waals surface area contributed by atoms with Crippen molar-refractivity contribution >= 4 is 12.0 Å². The monoisotopic (exact) mass is 296 g/mol. The van der Waals surface area contributed by atoms with Crippen LogP contribution in [-0.4, -0.2) is 48.0 Å². The van der Waals surface area contributed by atoms with Crippen molar-refractivity contribution in [1.29, 1.82) is 0 Å². The maximum atomic E-state index is 11.5. The number of aliphatic hydroxyl groups is 1. The van der Waals surface area contributed by atoms with Gasteiger partial charge < -0.3 is 25.6 Å². The van der Waals surface area contributed by atoms with Crippen LogP contribution in [0.3, 0.4) is 0 Å². The number of carbonyl (C=O) groups is 2. The van der Waals surface area contributed by atoms with Gasteiger partial charge in [0, 0.05) is 19.6 Å². The van der Waals surface area contributed by atoms with E-state index in [1.807, 2.05) is 30.3 Å². The molecule has 116 valence electrons. The molecule has 0 heterocycles. The first-order valence-electron chi connectivity index (χ1n) is 6.69. The van der Waals surface area contributed by atoms with E-state index in [0.717, 1.165) is 5.75 Å². The third-order valence-corrected chi connectivity index (χ3v) is 2.64. The maximum absolute atomic E-state index is 11.5. The number of ether oxygens (including phenoxy) is 1. The molecule has 0 aliphatic rings. The highest BCUT2D eigenvalue weighted by atomic mass is 16.5. The molecular formula is C14H20N2O5. The highest BCUT2D eigenvalue weighted by Crippen LogP contribution is 2.07. The Hall–Kier alpha value is -2.28. The second kappa shape index (κ2) is 9.60. The summed E-state index contributed by atoms with van der Waals surface area (Å²) in [7, 11) is 0. The van der Waals surface area contributed by atoms with E-state index in [4.69, 9.17) is 14.9 Å². The Morgan fingerprint density at radius 1 is 1.24 bits per heavy atom. The lowest BCUT2D eigenvalue weighted by Gasteiger charge is -2.14. The number of carboxylic acid groups (broad SMARTS) is 1. The second-order valence-electron chi connectivity index (χ2n) is 4.32. The molecule has 1 aromatic carbocycles. The van der Waals surface area contributed by atoms with E-state index in [1.165, 1.54) is 0 Å². The van der Waals surface area contributed by atoms with Crippen LogP contribution in [0.4, 0.5) is 4.79 Å². The number of urea groups is 1. The van der Waals surface area contributed by atoms with Gasteiger partial charge in [-0.25, -0.2) is 9.59 Å². The molecular weight excluding hydrogens is 276 g/mol. The Morgan fingerprint density at radius 3 is 2.57 bits per heavy atom. The van der Waals surface area contributed by atoms with Gasteiger partial charge in [0.25, 0.3) is 0 Å². The lowest BCUT2D eigenvalue weighted by Crippen LogP contribution is -2.46. The number of rotatable bonds is 9. The molecule has 21 heavy (non-hydrogen) atoms. The quantitative estimate of drug-likeness (QED) is 0.499. The molecule has 2 amide bonds. The van der Waals surface area contributed by atoms with Crippen LogP contribution >= 0.6 is 0 Å². The van der Waals surface area contributed by atoms with Crippen LogP contribution in [0.2, 0.25) is 0 Å². The van der Waals surface area contributed by atoms with Crippen molar-refractivity contribution < 1.29 is 24.5 Å². The Bertz CT molecular complexity index is 438. The molecule has 7 heteroatoms. The first kappa shape index (κ1) is 16.8. The van der Waals surface area contributed by atoms with E-state index in [1.54, 1.807) is 0 Å². The van der Waals surface area contributed by atoms with Gasteiger partial charge in [-0.1, -0.05) is 18.2 Å². The largest absolute Gasteiger partial charge is 0.494 e.